The molecule has 0 spiro atoms. The maximum absolute atomic E-state index is 11.6. The Labute approximate surface area is 129 Å². The molecule has 0 radical (unpaired) electrons. The zero-order chi connectivity index (χ0) is 15.5. The molecule has 2 saturated heterocycles. The molecule has 0 saturated carbocycles. The van der Waals surface area contributed by atoms with E-state index in [4.69, 9.17) is 5.73 Å². The molecular weight excluding hydrogens is 264 g/mol. The van der Waals surface area contributed by atoms with Crippen LogP contribution in [0, 0.1) is 0 Å². The fourth-order valence-electron chi connectivity index (χ4n) is 3.88. The van der Waals surface area contributed by atoms with Crippen molar-refractivity contribution in [3.63, 3.8) is 0 Å². The number of primary amides is 1. The number of carbonyl (C=O) groups is 1. The van der Waals surface area contributed by atoms with Gasteiger partial charge in [-0.25, -0.2) is 0 Å². The first-order valence-corrected chi connectivity index (χ1v) is 8.49. The Balaban J connectivity index is 1.80. The number of fused-ring (bicyclic) bond motifs is 1. The van der Waals surface area contributed by atoms with E-state index in [-0.39, 0.29) is 5.91 Å². The minimum Gasteiger partial charge on any atom is -0.368 e. The van der Waals surface area contributed by atoms with Gasteiger partial charge >= 0.3 is 0 Å². The highest BCUT2D eigenvalue weighted by Crippen LogP contribution is 2.25. The summed E-state index contributed by atoms with van der Waals surface area (Å²) in [6.45, 7) is 11.8. The van der Waals surface area contributed by atoms with E-state index in [0.29, 0.717) is 6.04 Å². The summed E-state index contributed by atoms with van der Waals surface area (Å²) in [7, 11) is 0. The Hall–Kier alpha value is -0.650. The van der Waals surface area contributed by atoms with Crippen LogP contribution in [0.25, 0.3) is 0 Å². The maximum atomic E-state index is 11.6. The lowest BCUT2D eigenvalue weighted by Crippen LogP contribution is -2.56. The van der Waals surface area contributed by atoms with Crippen molar-refractivity contribution >= 4 is 5.91 Å². The van der Waals surface area contributed by atoms with E-state index in [1.54, 1.807) is 0 Å². The van der Waals surface area contributed by atoms with Gasteiger partial charge in [-0.05, 0) is 59.2 Å². The smallest absolute Gasteiger partial charge is 0.237 e. The van der Waals surface area contributed by atoms with Crippen molar-refractivity contribution in [1.29, 1.82) is 0 Å². The second kappa shape index (κ2) is 7.07. The largest absolute Gasteiger partial charge is 0.368 e. The minimum absolute atomic E-state index is 0.238. The summed E-state index contributed by atoms with van der Waals surface area (Å²) in [5.74, 6) is -0.238. The van der Waals surface area contributed by atoms with Gasteiger partial charge in [-0.15, -0.1) is 0 Å². The predicted molar refractivity (Wildman–Crippen MR) is 86.1 cm³/mol. The molecule has 2 rings (SSSR count). The normalized spacial score (nSPS) is 30.0. The number of nitrogens with zero attached hydrogens (tertiary/aromatic N) is 2. The molecule has 3 unspecified atom stereocenters. The van der Waals surface area contributed by atoms with Gasteiger partial charge in [0.25, 0.3) is 0 Å². The second-order valence-electron chi connectivity index (χ2n) is 6.97. The average Bonchev–Trinajstić information content (AvgIpc) is 2.86. The lowest BCUT2D eigenvalue weighted by atomic mass is 9.94. The number of nitrogens with two attached hydrogens (primary N) is 1. The fourth-order valence-corrected chi connectivity index (χ4v) is 3.88. The summed E-state index contributed by atoms with van der Waals surface area (Å²) < 4.78 is 0. The average molecular weight is 296 g/mol. The lowest BCUT2D eigenvalue weighted by molar-refractivity contribution is -0.124. The van der Waals surface area contributed by atoms with Crippen LogP contribution in [0.5, 0.6) is 0 Å². The molecule has 3 N–H and O–H groups in total. The summed E-state index contributed by atoms with van der Waals surface area (Å²) in [5.41, 5.74) is 4.99. The molecule has 3 atom stereocenters. The van der Waals surface area contributed by atoms with E-state index in [2.05, 4.69) is 22.0 Å². The highest BCUT2D eigenvalue weighted by Gasteiger charge is 2.35. The highest BCUT2D eigenvalue weighted by atomic mass is 16.1. The van der Waals surface area contributed by atoms with Crippen LogP contribution in [-0.4, -0.2) is 66.1 Å². The van der Waals surface area contributed by atoms with Crippen LogP contribution < -0.4 is 11.1 Å². The quantitative estimate of drug-likeness (QED) is 0.729. The van der Waals surface area contributed by atoms with Crippen LogP contribution in [0.3, 0.4) is 0 Å². The third-order valence-corrected chi connectivity index (χ3v) is 5.30. The molecule has 0 aromatic carbocycles. The van der Waals surface area contributed by atoms with E-state index in [9.17, 15) is 4.79 Å². The van der Waals surface area contributed by atoms with Crippen molar-refractivity contribution in [3.05, 3.63) is 0 Å². The molecular formula is C16H32N4O. The first-order chi connectivity index (χ1) is 9.96. The Morgan fingerprint density at radius 2 is 2.19 bits per heavy atom. The third kappa shape index (κ3) is 3.96. The van der Waals surface area contributed by atoms with Crippen molar-refractivity contribution in [2.75, 3.05) is 32.7 Å². The van der Waals surface area contributed by atoms with Gasteiger partial charge in [0.1, 0.15) is 0 Å². The molecule has 0 bridgehead atoms. The minimum atomic E-state index is -0.562. The van der Waals surface area contributed by atoms with Crippen LogP contribution in [0.2, 0.25) is 0 Å². The topological polar surface area (TPSA) is 61.6 Å². The fraction of sp³-hybridized carbons (Fsp3) is 0.938. The Morgan fingerprint density at radius 1 is 1.43 bits per heavy atom. The number of hydrogen-bond donors (Lipinski definition) is 2. The number of hydrogen-bond acceptors (Lipinski definition) is 4. The van der Waals surface area contributed by atoms with Crippen LogP contribution in [0.4, 0.5) is 0 Å². The molecule has 0 aromatic rings. The lowest BCUT2D eigenvalue weighted by Gasteiger charge is -2.42. The van der Waals surface area contributed by atoms with Gasteiger partial charge in [0, 0.05) is 25.2 Å². The van der Waals surface area contributed by atoms with Crippen molar-refractivity contribution in [2.24, 2.45) is 5.73 Å². The zero-order valence-corrected chi connectivity index (χ0v) is 13.9. The van der Waals surface area contributed by atoms with Crippen molar-refractivity contribution < 1.29 is 4.79 Å². The molecule has 122 valence electrons. The standard InChI is InChI=1S/C16H32N4O/c1-4-18-16(3,15(17)21)8-6-10-19-12-14-7-5-9-20(14)11-13(19)2/h13-14,18H,4-12H2,1-3H3,(H2,17,21). The maximum Gasteiger partial charge on any atom is 0.237 e. The van der Waals surface area contributed by atoms with Gasteiger partial charge in [0.2, 0.25) is 5.91 Å². The molecule has 5 heteroatoms. The van der Waals surface area contributed by atoms with E-state index < -0.39 is 5.54 Å². The van der Waals surface area contributed by atoms with E-state index in [0.717, 1.165) is 32.0 Å². The summed E-state index contributed by atoms with van der Waals surface area (Å²) in [4.78, 5) is 16.9. The van der Waals surface area contributed by atoms with Crippen molar-refractivity contribution in [1.82, 2.24) is 15.1 Å². The third-order valence-electron chi connectivity index (χ3n) is 5.30. The van der Waals surface area contributed by atoms with Crippen LogP contribution in [0.1, 0.15) is 46.5 Å². The summed E-state index contributed by atoms with van der Waals surface area (Å²) >= 11 is 0. The van der Waals surface area contributed by atoms with E-state index in [1.165, 1.54) is 32.5 Å². The molecule has 2 aliphatic rings. The molecule has 5 nitrogen and oxygen atoms in total. The van der Waals surface area contributed by atoms with E-state index >= 15 is 0 Å². The zero-order valence-electron chi connectivity index (χ0n) is 13.9. The molecule has 2 fully saturated rings. The molecule has 21 heavy (non-hydrogen) atoms. The summed E-state index contributed by atoms with van der Waals surface area (Å²) in [6, 6.07) is 1.39. The molecule has 2 aliphatic heterocycles. The first kappa shape index (κ1) is 16.7. The van der Waals surface area contributed by atoms with Gasteiger partial charge in [0.05, 0.1) is 5.54 Å². The van der Waals surface area contributed by atoms with Gasteiger partial charge in [0.15, 0.2) is 0 Å². The highest BCUT2D eigenvalue weighted by molar-refractivity contribution is 5.84. The number of piperazine rings is 1. The van der Waals surface area contributed by atoms with Crippen molar-refractivity contribution in [2.45, 2.75) is 64.1 Å². The molecule has 1 amide bonds. The number of rotatable bonds is 7. The van der Waals surface area contributed by atoms with Gasteiger partial charge in [-0.2, -0.15) is 0 Å². The van der Waals surface area contributed by atoms with Gasteiger partial charge in [-0.3, -0.25) is 14.6 Å². The number of nitrogens with one attached hydrogen (secondary N) is 1. The summed E-state index contributed by atoms with van der Waals surface area (Å²) in [5, 5.41) is 3.24. The Kier molecular flexibility index (Phi) is 5.63. The molecule has 0 aromatic heterocycles. The molecule has 2 heterocycles. The number of carbonyl (C=O) groups excluding carboxylic acids is 1. The SMILES string of the molecule is CCNC(C)(CCCN1CC2CCCN2CC1C)C(N)=O. The predicted octanol–water partition coefficient (Wildman–Crippen LogP) is 0.789. The molecule has 0 aliphatic carbocycles. The monoisotopic (exact) mass is 296 g/mol. The van der Waals surface area contributed by atoms with Crippen LogP contribution in [0.15, 0.2) is 0 Å². The summed E-state index contributed by atoms with van der Waals surface area (Å²) in [6.07, 6.45) is 4.53. The number of amides is 1. The van der Waals surface area contributed by atoms with Crippen LogP contribution in [-0.2, 0) is 4.79 Å². The van der Waals surface area contributed by atoms with Gasteiger partial charge in [-0.1, -0.05) is 6.92 Å². The van der Waals surface area contributed by atoms with Crippen LogP contribution >= 0.6 is 0 Å². The number of likely N-dealkylation sites (N-methyl/N-ethyl adjacent to an activating group) is 1. The Bertz CT molecular complexity index is 362. The van der Waals surface area contributed by atoms with Gasteiger partial charge < -0.3 is 11.1 Å². The first-order valence-electron chi connectivity index (χ1n) is 8.49. The second-order valence-corrected chi connectivity index (χ2v) is 6.97. The van der Waals surface area contributed by atoms with E-state index in [1.807, 2.05) is 13.8 Å². The Morgan fingerprint density at radius 3 is 2.86 bits per heavy atom. The van der Waals surface area contributed by atoms with Crippen molar-refractivity contribution in [3.8, 4) is 0 Å².